The Balaban J connectivity index is 1.20. The summed E-state index contributed by atoms with van der Waals surface area (Å²) in [5.41, 5.74) is 3.20. The number of benzene rings is 2. The molecule has 6 rings (SSSR count). The molecule has 1 amide bonds. The van der Waals surface area contributed by atoms with Crippen molar-refractivity contribution in [1.29, 1.82) is 0 Å². The van der Waals surface area contributed by atoms with E-state index < -0.39 is 23.8 Å². The lowest BCUT2D eigenvalue weighted by Gasteiger charge is -2.30. The first kappa shape index (κ1) is 28.8. The molecular weight excluding hydrogens is 557 g/mol. The molecule has 1 aliphatic heterocycles. The number of pyridine rings is 1. The van der Waals surface area contributed by atoms with Gasteiger partial charge in [0.25, 0.3) is 11.5 Å². The molecule has 0 radical (unpaired) electrons. The van der Waals surface area contributed by atoms with Gasteiger partial charge in [0.15, 0.2) is 6.10 Å². The first-order valence-corrected chi connectivity index (χ1v) is 14.3. The van der Waals surface area contributed by atoms with Crippen molar-refractivity contribution >= 4 is 5.91 Å². The number of carbonyl (C=O) groups excluding carboxylic acids is 1. The average molecular weight is 589 g/mol. The number of aliphatic hydroxyl groups excluding tert-OH is 1. The molecule has 1 fully saturated rings. The Morgan fingerprint density at radius 3 is 2.44 bits per heavy atom. The molecule has 10 heteroatoms. The normalized spacial score (nSPS) is 16.6. The van der Waals surface area contributed by atoms with Crippen molar-refractivity contribution in [2.24, 2.45) is 0 Å². The predicted molar refractivity (Wildman–Crippen MR) is 154 cm³/mol. The smallest absolute Gasteiger partial charge is 0.378 e. The quantitative estimate of drug-likeness (QED) is 0.302. The van der Waals surface area contributed by atoms with E-state index in [0.29, 0.717) is 46.1 Å². The van der Waals surface area contributed by atoms with Crippen LogP contribution in [0.1, 0.15) is 78.0 Å². The maximum absolute atomic E-state index is 13.3. The van der Waals surface area contributed by atoms with Crippen LogP contribution in [0.25, 0.3) is 11.1 Å². The summed E-state index contributed by atoms with van der Waals surface area (Å²) in [4.78, 5) is 40.3. The van der Waals surface area contributed by atoms with Crippen LogP contribution in [-0.4, -0.2) is 37.4 Å². The highest BCUT2D eigenvalue weighted by Gasteiger charge is 2.49. The highest BCUT2D eigenvalue weighted by Crippen LogP contribution is 2.52. The van der Waals surface area contributed by atoms with E-state index in [0.717, 1.165) is 36.1 Å². The third-order valence-electron chi connectivity index (χ3n) is 8.54. The summed E-state index contributed by atoms with van der Waals surface area (Å²) in [6.45, 7) is 4.53. The number of H-pyrrole nitrogens is 1. The monoisotopic (exact) mass is 588 g/mol. The standard InChI is InChI=1S/C33H31F3N4O3/c1-19(2)23-15-25(17-37-16-23)32(11-12-32)31-38-27-10-13-40(18-26(27)29(42)39-31)30(43)28(41)22-5-3-4-21(14-22)20-6-8-24(9-7-20)33(34,35)36/h3-9,14-17,19,28,41H,10-13,18H2,1-2H3,(H,38,39,42). The molecule has 0 bridgehead atoms. The SMILES string of the molecule is CC(C)c1cncc(C2(c3nc4c(c(=O)[nH]3)CN(C(=O)C(O)c3cccc(-c5ccc(C(F)(F)F)cc5)c3)CC4)CC2)c1. The van der Waals surface area contributed by atoms with Crippen molar-refractivity contribution in [1.82, 2.24) is 19.9 Å². The highest BCUT2D eigenvalue weighted by atomic mass is 19.4. The number of aliphatic hydroxyl groups is 1. The lowest BCUT2D eigenvalue weighted by atomic mass is 9.92. The Labute approximate surface area is 246 Å². The molecule has 222 valence electrons. The number of nitrogens with one attached hydrogen (secondary N) is 1. The van der Waals surface area contributed by atoms with Crippen LogP contribution in [0.3, 0.4) is 0 Å². The minimum absolute atomic E-state index is 0.0177. The maximum Gasteiger partial charge on any atom is 0.416 e. The Morgan fingerprint density at radius 2 is 1.77 bits per heavy atom. The van der Waals surface area contributed by atoms with E-state index in [1.807, 2.05) is 12.4 Å². The minimum atomic E-state index is -4.44. The van der Waals surface area contributed by atoms with Gasteiger partial charge in [0.2, 0.25) is 0 Å². The van der Waals surface area contributed by atoms with E-state index in [-0.39, 0.29) is 24.1 Å². The summed E-state index contributed by atoms with van der Waals surface area (Å²) in [5.74, 6) is 0.387. The molecule has 1 aliphatic carbocycles. The lowest BCUT2D eigenvalue weighted by molar-refractivity contribution is -0.141. The van der Waals surface area contributed by atoms with E-state index in [9.17, 15) is 27.9 Å². The highest BCUT2D eigenvalue weighted by molar-refractivity contribution is 5.83. The Morgan fingerprint density at radius 1 is 1.02 bits per heavy atom. The van der Waals surface area contributed by atoms with E-state index in [2.05, 4.69) is 29.9 Å². The number of aromatic nitrogens is 3. The third kappa shape index (κ3) is 5.47. The number of rotatable bonds is 6. The van der Waals surface area contributed by atoms with Gasteiger partial charge in [-0.1, -0.05) is 50.2 Å². The second-order valence-electron chi connectivity index (χ2n) is 11.7. The molecule has 7 nitrogen and oxygen atoms in total. The first-order chi connectivity index (χ1) is 20.5. The number of carbonyl (C=O) groups is 1. The van der Waals surface area contributed by atoms with Crippen LogP contribution in [0, 0.1) is 0 Å². The van der Waals surface area contributed by atoms with Gasteiger partial charge in [0.05, 0.1) is 28.8 Å². The van der Waals surface area contributed by atoms with Gasteiger partial charge in [0, 0.05) is 25.4 Å². The van der Waals surface area contributed by atoms with Crippen LogP contribution in [0.15, 0.2) is 71.8 Å². The van der Waals surface area contributed by atoms with Gasteiger partial charge >= 0.3 is 6.18 Å². The van der Waals surface area contributed by atoms with E-state index >= 15 is 0 Å². The summed E-state index contributed by atoms with van der Waals surface area (Å²) < 4.78 is 38.9. The fourth-order valence-electron chi connectivity index (χ4n) is 5.72. The molecule has 2 aliphatic rings. The van der Waals surface area contributed by atoms with Gasteiger partial charge in [-0.05, 0) is 64.8 Å². The molecule has 3 heterocycles. The van der Waals surface area contributed by atoms with Gasteiger partial charge in [-0.2, -0.15) is 13.2 Å². The topological polar surface area (TPSA) is 99.2 Å². The molecule has 2 N–H and O–H groups in total. The predicted octanol–water partition coefficient (Wildman–Crippen LogP) is 5.67. The molecule has 2 aromatic carbocycles. The second kappa shape index (κ2) is 10.8. The Hall–Kier alpha value is -4.31. The third-order valence-corrected chi connectivity index (χ3v) is 8.54. The van der Waals surface area contributed by atoms with Crippen molar-refractivity contribution in [3.8, 4) is 11.1 Å². The molecule has 0 spiro atoms. The number of nitrogens with zero attached hydrogens (tertiary/aromatic N) is 3. The summed E-state index contributed by atoms with van der Waals surface area (Å²) in [7, 11) is 0. The summed E-state index contributed by atoms with van der Waals surface area (Å²) in [6, 6.07) is 13.4. The Bertz CT molecular complexity index is 1740. The van der Waals surface area contributed by atoms with Crippen LogP contribution in [-0.2, 0) is 29.4 Å². The van der Waals surface area contributed by atoms with E-state index in [1.165, 1.54) is 17.0 Å². The lowest BCUT2D eigenvalue weighted by Crippen LogP contribution is -2.42. The van der Waals surface area contributed by atoms with Gasteiger partial charge in [0.1, 0.15) is 5.82 Å². The van der Waals surface area contributed by atoms with Gasteiger partial charge in [-0.25, -0.2) is 4.98 Å². The van der Waals surface area contributed by atoms with Crippen molar-refractivity contribution in [2.45, 2.75) is 63.3 Å². The van der Waals surface area contributed by atoms with Crippen molar-refractivity contribution in [3.05, 3.63) is 117 Å². The largest absolute Gasteiger partial charge is 0.416 e. The zero-order valence-electron chi connectivity index (χ0n) is 23.8. The van der Waals surface area contributed by atoms with Crippen molar-refractivity contribution in [3.63, 3.8) is 0 Å². The van der Waals surface area contributed by atoms with Gasteiger partial charge in [-0.15, -0.1) is 0 Å². The van der Waals surface area contributed by atoms with Gasteiger partial charge < -0.3 is 15.0 Å². The van der Waals surface area contributed by atoms with E-state index in [4.69, 9.17) is 4.98 Å². The molecule has 0 saturated heterocycles. The summed E-state index contributed by atoms with van der Waals surface area (Å²) >= 11 is 0. The molecule has 1 atom stereocenters. The molecular formula is C33H31F3N4O3. The number of halogens is 3. The number of aromatic amines is 1. The molecule has 1 unspecified atom stereocenters. The summed E-state index contributed by atoms with van der Waals surface area (Å²) in [5, 5.41) is 11.0. The zero-order valence-corrected chi connectivity index (χ0v) is 23.8. The second-order valence-corrected chi connectivity index (χ2v) is 11.7. The molecule has 2 aromatic heterocycles. The fraction of sp³-hybridized carbons (Fsp3) is 0.333. The van der Waals surface area contributed by atoms with Crippen LogP contribution >= 0.6 is 0 Å². The molecule has 43 heavy (non-hydrogen) atoms. The van der Waals surface area contributed by atoms with Crippen LogP contribution in [0.4, 0.5) is 13.2 Å². The molecule has 1 saturated carbocycles. The zero-order chi connectivity index (χ0) is 30.5. The average Bonchev–Trinajstić information content (AvgIpc) is 3.82. The number of hydrogen-bond acceptors (Lipinski definition) is 5. The maximum atomic E-state index is 13.3. The van der Waals surface area contributed by atoms with Crippen molar-refractivity contribution < 1.29 is 23.1 Å². The van der Waals surface area contributed by atoms with Crippen LogP contribution in [0.2, 0.25) is 0 Å². The Kier molecular flexibility index (Phi) is 7.20. The number of alkyl halides is 3. The van der Waals surface area contributed by atoms with Crippen molar-refractivity contribution in [2.75, 3.05) is 6.54 Å². The fourth-order valence-corrected chi connectivity index (χ4v) is 5.72. The number of hydrogen-bond donors (Lipinski definition) is 2. The molecule has 4 aromatic rings. The van der Waals surface area contributed by atoms with Crippen LogP contribution < -0.4 is 5.56 Å². The number of fused-ring (bicyclic) bond motifs is 1. The summed E-state index contributed by atoms with van der Waals surface area (Å²) in [6.07, 6.45) is -0.148. The number of amides is 1. The first-order valence-electron chi connectivity index (χ1n) is 14.3. The van der Waals surface area contributed by atoms with Gasteiger partial charge in [-0.3, -0.25) is 14.6 Å². The minimum Gasteiger partial charge on any atom is -0.378 e. The van der Waals surface area contributed by atoms with Crippen LogP contribution in [0.5, 0.6) is 0 Å². The van der Waals surface area contributed by atoms with E-state index in [1.54, 1.807) is 24.3 Å².